The van der Waals surface area contributed by atoms with Gasteiger partial charge in [0.2, 0.25) is 0 Å². The van der Waals surface area contributed by atoms with E-state index in [1.807, 2.05) is 6.07 Å². The van der Waals surface area contributed by atoms with E-state index in [9.17, 15) is 9.59 Å². The van der Waals surface area contributed by atoms with Gasteiger partial charge >= 0.3 is 0 Å². The predicted octanol–water partition coefficient (Wildman–Crippen LogP) is 1.98. The van der Waals surface area contributed by atoms with Crippen molar-refractivity contribution in [3.05, 3.63) is 64.7 Å². The smallest absolute Gasteiger partial charge is 0.263 e. The average Bonchev–Trinajstić information content (AvgIpc) is 2.78. The van der Waals surface area contributed by atoms with E-state index in [2.05, 4.69) is 6.07 Å². The van der Waals surface area contributed by atoms with E-state index in [1.54, 1.807) is 36.4 Å². The Bertz CT molecular complexity index is 821. The minimum atomic E-state index is -0.352. The molecule has 22 heavy (non-hydrogen) atoms. The molecule has 2 amide bonds. The minimum Gasteiger partial charge on any atom is -0.398 e. The molecule has 1 aliphatic heterocycles. The number of hydrogen-bond donors (Lipinski definition) is 1. The lowest BCUT2D eigenvalue weighted by Crippen LogP contribution is -2.31. The quantitative estimate of drug-likeness (QED) is 0.692. The first-order valence-corrected chi connectivity index (χ1v) is 6.85. The molecule has 0 spiro atoms. The second-order valence-electron chi connectivity index (χ2n) is 5.09. The van der Waals surface area contributed by atoms with Gasteiger partial charge in [0.05, 0.1) is 22.8 Å². The highest BCUT2D eigenvalue weighted by atomic mass is 16.2. The highest BCUT2D eigenvalue weighted by molar-refractivity contribution is 6.23. The Kier molecular flexibility index (Phi) is 3.36. The number of anilines is 1. The molecule has 2 aromatic rings. The molecule has 0 fully saturated rings. The number of benzene rings is 2. The second kappa shape index (κ2) is 5.34. The van der Waals surface area contributed by atoms with E-state index >= 15 is 0 Å². The zero-order valence-corrected chi connectivity index (χ0v) is 11.7. The van der Waals surface area contributed by atoms with Gasteiger partial charge in [0.15, 0.2) is 0 Å². The van der Waals surface area contributed by atoms with Gasteiger partial charge in [-0.2, -0.15) is 5.26 Å². The summed E-state index contributed by atoms with van der Waals surface area (Å²) in [5.74, 6) is -0.668. The van der Waals surface area contributed by atoms with Gasteiger partial charge in [-0.05, 0) is 36.2 Å². The summed E-state index contributed by atoms with van der Waals surface area (Å²) in [4.78, 5) is 25.9. The summed E-state index contributed by atoms with van der Waals surface area (Å²) in [5, 5.41) is 8.89. The Labute approximate surface area is 127 Å². The van der Waals surface area contributed by atoms with Crippen LogP contribution in [0.15, 0.2) is 42.5 Å². The molecule has 3 rings (SSSR count). The zero-order valence-electron chi connectivity index (χ0n) is 11.7. The van der Waals surface area contributed by atoms with Crippen molar-refractivity contribution in [2.45, 2.75) is 6.42 Å². The fourth-order valence-corrected chi connectivity index (χ4v) is 2.60. The van der Waals surface area contributed by atoms with E-state index in [4.69, 9.17) is 11.0 Å². The monoisotopic (exact) mass is 291 g/mol. The van der Waals surface area contributed by atoms with Crippen molar-refractivity contribution >= 4 is 17.5 Å². The van der Waals surface area contributed by atoms with Crippen LogP contribution in [0.1, 0.15) is 31.8 Å². The number of amides is 2. The van der Waals surface area contributed by atoms with Crippen LogP contribution in [0.25, 0.3) is 0 Å². The number of hydrogen-bond acceptors (Lipinski definition) is 4. The van der Waals surface area contributed by atoms with Crippen molar-refractivity contribution in [1.29, 1.82) is 5.26 Å². The lowest BCUT2D eigenvalue weighted by molar-refractivity contribution is 0.0656. The van der Waals surface area contributed by atoms with Gasteiger partial charge in [-0.15, -0.1) is 0 Å². The van der Waals surface area contributed by atoms with Crippen molar-refractivity contribution in [3.8, 4) is 6.07 Å². The third kappa shape index (κ3) is 2.21. The van der Waals surface area contributed by atoms with Gasteiger partial charge in [0.25, 0.3) is 11.8 Å². The standard InChI is InChI=1S/C17H13N3O2/c18-10-12-4-1-3-11(9-12)7-8-20-16(21)13-5-2-6-14(19)15(13)17(20)22/h1-6,9H,7-8,19H2. The Morgan fingerprint density at radius 3 is 2.59 bits per heavy atom. The summed E-state index contributed by atoms with van der Waals surface area (Å²) >= 11 is 0. The lowest BCUT2D eigenvalue weighted by atomic mass is 10.1. The number of nitrogens with zero attached hydrogens (tertiary/aromatic N) is 2. The molecule has 5 nitrogen and oxygen atoms in total. The summed E-state index contributed by atoms with van der Waals surface area (Å²) in [6.45, 7) is 0.265. The van der Waals surface area contributed by atoms with Crippen LogP contribution < -0.4 is 5.73 Å². The Balaban J connectivity index is 1.80. The van der Waals surface area contributed by atoms with Gasteiger partial charge < -0.3 is 5.73 Å². The predicted molar refractivity (Wildman–Crippen MR) is 81.1 cm³/mol. The van der Waals surface area contributed by atoms with Crippen LogP contribution in [0.2, 0.25) is 0 Å². The molecule has 0 aromatic heterocycles. The van der Waals surface area contributed by atoms with E-state index in [-0.39, 0.29) is 18.4 Å². The number of carbonyl (C=O) groups excluding carboxylic acids is 2. The maximum absolute atomic E-state index is 12.3. The molecule has 0 radical (unpaired) electrons. The van der Waals surface area contributed by atoms with Gasteiger partial charge in [0.1, 0.15) is 0 Å². The molecule has 0 unspecified atom stereocenters. The summed E-state index contributed by atoms with van der Waals surface area (Å²) in [6, 6.07) is 14.1. The first-order chi connectivity index (χ1) is 10.6. The maximum Gasteiger partial charge on any atom is 0.263 e. The molecule has 2 aromatic carbocycles. The molecule has 108 valence electrons. The molecular weight excluding hydrogens is 278 g/mol. The largest absolute Gasteiger partial charge is 0.398 e. The zero-order chi connectivity index (χ0) is 15.7. The Morgan fingerprint density at radius 2 is 1.86 bits per heavy atom. The SMILES string of the molecule is N#Cc1cccc(CCN2C(=O)c3cccc(N)c3C2=O)c1. The number of rotatable bonds is 3. The third-order valence-corrected chi connectivity index (χ3v) is 3.71. The van der Waals surface area contributed by atoms with Crippen molar-refractivity contribution in [3.63, 3.8) is 0 Å². The molecular formula is C17H13N3O2. The van der Waals surface area contributed by atoms with Gasteiger partial charge in [-0.25, -0.2) is 0 Å². The number of carbonyl (C=O) groups is 2. The van der Waals surface area contributed by atoms with Gasteiger partial charge in [0, 0.05) is 12.2 Å². The molecule has 5 heteroatoms. The minimum absolute atomic E-state index is 0.265. The van der Waals surface area contributed by atoms with Crippen LogP contribution in [-0.4, -0.2) is 23.3 Å². The van der Waals surface area contributed by atoms with E-state index in [0.717, 1.165) is 5.56 Å². The van der Waals surface area contributed by atoms with Crippen LogP contribution in [0.3, 0.4) is 0 Å². The van der Waals surface area contributed by atoms with E-state index in [0.29, 0.717) is 28.8 Å². The number of imide groups is 1. The maximum atomic E-state index is 12.3. The fraction of sp³-hybridized carbons (Fsp3) is 0.118. The fourth-order valence-electron chi connectivity index (χ4n) is 2.60. The average molecular weight is 291 g/mol. The Hall–Kier alpha value is -3.13. The normalized spacial score (nSPS) is 13.1. The van der Waals surface area contributed by atoms with Crippen molar-refractivity contribution in [1.82, 2.24) is 4.90 Å². The van der Waals surface area contributed by atoms with Crippen LogP contribution >= 0.6 is 0 Å². The van der Waals surface area contributed by atoms with E-state index < -0.39 is 0 Å². The first-order valence-electron chi connectivity index (χ1n) is 6.85. The molecule has 0 saturated carbocycles. The summed E-state index contributed by atoms with van der Waals surface area (Å²) < 4.78 is 0. The topological polar surface area (TPSA) is 87.2 Å². The highest BCUT2D eigenvalue weighted by Gasteiger charge is 2.36. The molecule has 1 heterocycles. The molecule has 1 aliphatic rings. The molecule has 0 atom stereocenters. The van der Waals surface area contributed by atoms with Gasteiger partial charge in [-0.1, -0.05) is 18.2 Å². The molecule has 0 bridgehead atoms. The summed E-state index contributed by atoms with van der Waals surface area (Å²) in [7, 11) is 0. The van der Waals surface area contributed by atoms with Crippen molar-refractivity contribution < 1.29 is 9.59 Å². The lowest BCUT2D eigenvalue weighted by Gasteiger charge is -2.13. The first kappa shape index (κ1) is 13.8. The Morgan fingerprint density at radius 1 is 1.09 bits per heavy atom. The number of nitriles is 1. The van der Waals surface area contributed by atoms with Crippen LogP contribution in [0.5, 0.6) is 0 Å². The second-order valence-corrected chi connectivity index (χ2v) is 5.09. The van der Waals surface area contributed by atoms with Crippen LogP contribution in [0, 0.1) is 11.3 Å². The molecule has 0 aliphatic carbocycles. The summed E-state index contributed by atoms with van der Waals surface area (Å²) in [5.41, 5.74) is 8.23. The van der Waals surface area contributed by atoms with Gasteiger partial charge in [-0.3, -0.25) is 14.5 Å². The number of fused-ring (bicyclic) bond motifs is 1. The highest BCUT2D eigenvalue weighted by Crippen LogP contribution is 2.27. The van der Waals surface area contributed by atoms with E-state index in [1.165, 1.54) is 4.90 Å². The molecule has 2 N–H and O–H groups in total. The third-order valence-electron chi connectivity index (χ3n) is 3.71. The number of nitrogen functional groups attached to an aromatic ring is 1. The number of nitrogens with two attached hydrogens (primary N) is 1. The van der Waals surface area contributed by atoms with Crippen LogP contribution in [0.4, 0.5) is 5.69 Å². The van der Waals surface area contributed by atoms with Crippen molar-refractivity contribution in [2.75, 3.05) is 12.3 Å². The molecule has 0 saturated heterocycles. The van der Waals surface area contributed by atoms with Crippen LogP contribution in [-0.2, 0) is 6.42 Å². The van der Waals surface area contributed by atoms with Crippen molar-refractivity contribution in [2.24, 2.45) is 0 Å². The summed E-state index contributed by atoms with van der Waals surface area (Å²) in [6.07, 6.45) is 0.501.